The molecule has 0 aromatic rings. The Morgan fingerprint density at radius 1 is 1.50 bits per heavy atom. The molecule has 0 aliphatic heterocycles. The van der Waals surface area contributed by atoms with Gasteiger partial charge in [-0.1, -0.05) is 5.57 Å². The van der Waals surface area contributed by atoms with Crippen molar-refractivity contribution in [3.8, 4) is 0 Å². The number of hydrogen-bond acceptors (Lipinski definition) is 2. The largest absolute Gasteiger partial charge is 0.303 e. The molecule has 0 spiro atoms. The van der Waals surface area contributed by atoms with Crippen molar-refractivity contribution in [1.29, 1.82) is 0 Å². The highest BCUT2D eigenvalue weighted by atomic mass is 16.1. The molecule has 2 nitrogen and oxygen atoms in total. The zero-order valence-corrected chi connectivity index (χ0v) is 6.02. The maximum absolute atomic E-state index is 11.0. The van der Waals surface area contributed by atoms with Gasteiger partial charge in [0.1, 0.15) is 6.29 Å². The van der Waals surface area contributed by atoms with Crippen LogP contribution >= 0.6 is 0 Å². The van der Waals surface area contributed by atoms with E-state index in [1.165, 1.54) is 0 Å². The summed E-state index contributed by atoms with van der Waals surface area (Å²) in [4.78, 5) is 21.0. The molecule has 0 saturated carbocycles. The van der Waals surface area contributed by atoms with Crippen LogP contribution in [0.1, 0.15) is 26.2 Å². The predicted octanol–water partition coefficient (Wildman–Crippen LogP) is 1.25. The van der Waals surface area contributed by atoms with Crippen molar-refractivity contribution in [3.05, 3.63) is 11.1 Å². The van der Waals surface area contributed by atoms with Crippen LogP contribution in [0.15, 0.2) is 11.1 Å². The third kappa shape index (κ3) is 1.15. The number of hydrogen-bond donors (Lipinski definition) is 0. The van der Waals surface area contributed by atoms with Gasteiger partial charge >= 0.3 is 0 Å². The lowest BCUT2D eigenvalue weighted by Gasteiger charge is -1.92. The first kappa shape index (κ1) is 7.19. The molecule has 2 heteroatoms. The van der Waals surface area contributed by atoms with Crippen molar-refractivity contribution in [2.24, 2.45) is 0 Å². The lowest BCUT2D eigenvalue weighted by atomic mass is 10.1. The van der Waals surface area contributed by atoms with Crippen LogP contribution in [-0.2, 0) is 9.59 Å². The first-order chi connectivity index (χ1) is 4.75. The summed E-state index contributed by atoms with van der Waals surface area (Å²) >= 11 is 0. The van der Waals surface area contributed by atoms with E-state index < -0.39 is 0 Å². The summed E-state index contributed by atoms with van der Waals surface area (Å²) in [6.45, 7) is 1.92. The summed E-state index contributed by atoms with van der Waals surface area (Å²) in [5, 5.41) is 0. The fourth-order valence-corrected chi connectivity index (χ4v) is 1.21. The lowest BCUT2D eigenvalue weighted by Crippen LogP contribution is -1.96. The van der Waals surface area contributed by atoms with Gasteiger partial charge in [0, 0.05) is 18.4 Å². The van der Waals surface area contributed by atoms with E-state index in [1.807, 2.05) is 6.92 Å². The summed E-state index contributed by atoms with van der Waals surface area (Å²) in [6, 6.07) is 0. The second-order valence-corrected chi connectivity index (χ2v) is 2.55. The highest BCUT2D eigenvalue weighted by Gasteiger charge is 2.18. The minimum atomic E-state index is 0.157. The monoisotopic (exact) mass is 138 g/mol. The summed E-state index contributed by atoms with van der Waals surface area (Å²) in [6.07, 6.45) is 2.56. The van der Waals surface area contributed by atoms with Gasteiger partial charge in [0.15, 0.2) is 5.78 Å². The Labute approximate surface area is 59.9 Å². The van der Waals surface area contributed by atoms with E-state index in [9.17, 15) is 9.59 Å². The number of rotatable bonds is 2. The SMILES string of the molecule is CC1=C(CC=O)C(=O)CC1. The fraction of sp³-hybridized carbons (Fsp3) is 0.500. The number of aldehydes is 1. The minimum absolute atomic E-state index is 0.157. The molecule has 1 aliphatic rings. The Hall–Kier alpha value is -0.920. The van der Waals surface area contributed by atoms with Crippen LogP contribution in [0.5, 0.6) is 0 Å². The van der Waals surface area contributed by atoms with Crippen LogP contribution in [-0.4, -0.2) is 12.1 Å². The van der Waals surface area contributed by atoms with Crippen molar-refractivity contribution >= 4 is 12.1 Å². The van der Waals surface area contributed by atoms with Crippen molar-refractivity contribution < 1.29 is 9.59 Å². The van der Waals surface area contributed by atoms with Gasteiger partial charge in [-0.2, -0.15) is 0 Å². The lowest BCUT2D eigenvalue weighted by molar-refractivity contribution is -0.116. The van der Waals surface area contributed by atoms with Crippen molar-refractivity contribution in [1.82, 2.24) is 0 Å². The molecule has 0 bridgehead atoms. The molecular weight excluding hydrogens is 128 g/mol. The average Bonchev–Trinajstić information content (AvgIpc) is 2.20. The Morgan fingerprint density at radius 3 is 2.60 bits per heavy atom. The molecule has 0 radical (unpaired) electrons. The van der Waals surface area contributed by atoms with Crippen molar-refractivity contribution in [2.75, 3.05) is 0 Å². The van der Waals surface area contributed by atoms with E-state index in [1.54, 1.807) is 0 Å². The molecule has 0 saturated heterocycles. The van der Waals surface area contributed by atoms with E-state index in [0.717, 1.165) is 23.9 Å². The van der Waals surface area contributed by atoms with Crippen molar-refractivity contribution in [2.45, 2.75) is 26.2 Å². The highest BCUT2D eigenvalue weighted by molar-refractivity contribution is 6.00. The van der Waals surface area contributed by atoms with E-state index in [-0.39, 0.29) is 5.78 Å². The van der Waals surface area contributed by atoms with E-state index in [0.29, 0.717) is 12.8 Å². The molecule has 0 aromatic carbocycles. The summed E-state index contributed by atoms with van der Waals surface area (Å²) in [5.74, 6) is 0.157. The average molecular weight is 138 g/mol. The van der Waals surface area contributed by atoms with Crippen LogP contribution in [0.4, 0.5) is 0 Å². The van der Waals surface area contributed by atoms with Crippen LogP contribution in [0.3, 0.4) is 0 Å². The second-order valence-electron chi connectivity index (χ2n) is 2.55. The molecule has 0 aromatic heterocycles. The molecule has 1 aliphatic carbocycles. The van der Waals surface area contributed by atoms with Gasteiger partial charge in [-0.3, -0.25) is 4.79 Å². The van der Waals surface area contributed by atoms with E-state index in [2.05, 4.69) is 0 Å². The van der Waals surface area contributed by atoms with Gasteiger partial charge in [-0.25, -0.2) is 0 Å². The molecule has 0 unspecified atom stereocenters. The second kappa shape index (κ2) is 2.78. The molecule has 0 N–H and O–H groups in total. The van der Waals surface area contributed by atoms with Gasteiger partial charge in [-0.05, 0) is 13.3 Å². The highest BCUT2D eigenvalue weighted by Crippen LogP contribution is 2.23. The Bertz CT molecular complexity index is 201. The van der Waals surface area contributed by atoms with Crippen LogP contribution in [0.2, 0.25) is 0 Å². The maximum atomic E-state index is 11.0. The molecule has 0 amide bonds. The van der Waals surface area contributed by atoms with Gasteiger partial charge < -0.3 is 4.79 Å². The first-order valence-electron chi connectivity index (χ1n) is 3.41. The summed E-state index contributed by atoms with van der Waals surface area (Å²) in [7, 11) is 0. The third-order valence-electron chi connectivity index (χ3n) is 1.87. The number of carbonyl (C=O) groups excluding carboxylic acids is 2. The van der Waals surface area contributed by atoms with Gasteiger partial charge in [0.25, 0.3) is 0 Å². The van der Waals surface area contributed by atoms with E-state index >= 15 is 0 Å². The minimum Gasteiger partial charge on any atom is -0.303 e. The number of Topliss-reactive ketones (excluding diaryl/α,β-unsaturated/α-hetero) is 1. The topological polar surface area (TPSA) is 34.1 Å². The smallest absolute Gasteiger partial charge is 0.159 e. The predicted molar refractivity (Wildman–Crippen MR) is 37.6 cm³/mol. The number of carbonyl (C=O) groups is 2. The number of allylic oxidation sites excluding steroid dienone is 2. The zero-order chi connectivity index (χ0) is 7.56. The maximum Gasteiger partial charge on any atom is 0.159 e. The Morgan fingerprint density at radius 2 is 2.20 bits per heavy atom. The Kier molecular flexibility index (Phi) is 2.00. The molecule has 54 valence electrons. The normalized spacial score (nSPS) is 18.3. The van der Waals surface area contributed by atoms with Crippen LogP contribution < -0.4 is 0 Å². The first-order valence-corrected chi connectivity index (χ1v) is 3.41. The number of ketones is 1. The molecule has 0 atom stereocenters. The van der Waals surface area contributed by atoms with Crippen LogP contribution in [0.25, 0.3) is 0 Å². The van der Waals surface area contributed by atoms with Crippen LogP contribution in [0, 0.1) is 0 Å². The molecular formula is C8H10O2. The van der Waals surface area contributed by atoms with Crippen molar-refractivity contribution in [3.63, 3.8) is 0 Å². The zero-order valence-electron chi connectivity index (χ0n) is 6.02. The fourth-order valence-electron chi connectivity index (χ4n) is 1.21. The molecule has 10 heavy (non-hydrogen) atoms. The summed E-state index contributed by atoms with van der Waals surface area (Å²) in [5.41, 5.74) is 1.84. The van der Waals surface area contributed by atoms with Gasteiger partial charge in [-0.15, -0.1) is 0 Å². The van der Waals surface area contributed by atoms with Gasteiger partial charge in [0.05, 0.1) is 0 Å². The standard InChI is InChI=1S/C8H10O2/c1-6-2-3-8(10)7(6)4-5-9/h5H,2-4H2,1H3. The quantitative estimate of drug-likeness (QED) is 0.538. The molecule has 0 heterocycles. The molecule has 0 fully saturated rings. The Balaban J connectivity index is 2.77. The molecule has 1 rings (SSSR count). The van der Waals surface area contributed by atoms with E-state index in [4.69, 9.17) is 0 Å². The third-order valence-corrected chi connectivity index (χ3v) is 1.87. The van der Waals surface area contributed by atoms with Gasteiger partial charge in [0.2, 0.25) is 0 Å². The summed E-state index contributed by atoms with van der Waals surface area (Å²) < 4.78 is 0.